The SMILES string of the molecule is Cc1nc(-c2ccc(CCNC(=O)CC3CCCC3)cc2)cs1. The summed E-state index contributed by atoms with van der Waals surface area (Å²) < 4.78 is 0. The summed E-state index contributed by atoms with van der Waals surface area (Å²) in [6.45, 7) is 2.75. The molecule has 1 aliphatic carbocycles. The van der Waals surface area contributed by atoms with Crippen molar-refractivity contribution in [2.45, 2.75) is 45.4 Å². The van der Waals surface area contributed by atoms with Crippen molar-refractivity contribution in [2.75, 3.05) is 6.54 Å². The van der Waals surface area contributed by atoms with E-state index in [9.17, 15) is 4.79 Å². The van der Waals surface area contributed by atoms with E-state index in [1.807, 2.05) is 6.92 Å². The van der Waals surface area contributed by atoms with E-state index in [1.54, 1.807) is 11.3 Å². The van der Waals surface area contributed by atoms with Gasteiger partial charge in [-0.3, -0.25) is 4.79 Å². The van der Waals surface area contributed by atoms with Crippen molar-refractivity contribution in [3.8, 4) is 11.3 Å². The van der Waals surface area contributed by atoms with Crippen LogP contribution in [0.5, 0.6) is 0 Å². The van der Waals surface area contributed by atoms with Gasteiger partial charge in [-0.05, 0) is 37.7 Å². The zero-order valence-corrected chi connectivity index (χ0v) is 14.5. The van der Waals surface area contributed by atoms with E-state index in [0.29, 0.717) is 12.3 Å². The number of rotatable bonds is 6. The lowest BCUT2D eigenvalue weighted by Gasteiger charge is -2.09. The van der Waals surface area contributed by atoms with Gasteiger partial charge in [0.1, 0.15) is 0 Å². The highest BCUT2D eigenvalue weighted by molar-refractivity contribution is 7.09. The minimum atomic E-state index is 0.214. The van der Waals surface area contributed by atoms with Gasteiger partial charge in [0.2, 0.25) is 5.91 Å². The van der Waals surface area contributed by atoms with E-state index in [1.165, 1.54) is 31.2 Å². The molecule has 1 aromatic heterocycles. The fraction of sp³-hybridized carbons (Fsp3) is 0.474. The van der Waals surface area contributed by atoms with Gasteiger partial charge < -0.3 is 5.32 Å². The van der Waals surface area contributed by atoms with Gasteiger partial charge in [0, 0.05) is 23.9 Å². The third kappa shape index (κ3) is 4.64. The van der Waals surface area contributed by atoms with Crippen LogP contribution in [0.1, 0.15) is 42.7 Å². The summed E-state index contributed by atoms with van der Waals surface area (Å²) in [6.07, 6.45) is 6.64. The molecule has 0 spiro atoms. The largest absolute Gasteiger partial charge is 0.356 e. The minimum Gasteiger partial charge on any atom is -0.356 e. The van der Waals surface area contributed by atoms with Gasteiger partial charge in [0.15, 0.2) is 0 Å². The number of nitrogens with one attached hydrogen (secondary N) is 1. The number of thiazole rings is 1. The predicted molar refractivity (Wildman–Crippen MR) is 95.6 cm³/mol. The third-order valence-corrected chi connectivity index (χ3v) is 5.33. The Hall–Kier alpha value is -1.68. The fourth-order valence-corrected chi connectivity index (χ4v) is 3.86. The second kappa shape index (κ2) is 7.73. The summed E-state index contributed by atoms with van der Waals surface area (Å²) in [7, 11) is 0. The average Bonchev–Trinajstić information content (AvgIpc) is 3.20. The fourth-order valence-electron chi connectivity index (χ4n) is 3.23. The van der Waals surface area contributed by atoms with Gasteiger partial charge in [-0.2, -0.15) is 0 Å². The number of carbonyl (C=O) groups excluding carboxylic acids is 1. The molecule has 0 unspecified atom stereocenters. The quantitative estimate of drug-likeness (QED) is 0.856. The molecular formula is C19H24N2OS. The minimum absolute atomic E-state index is 0.214. The molecule has 1 N–H and O–H groups in total. The first-order chi connectivity index (χ1) is 11.2. The van der Waals surface area contributed by atoms with Crippen LogP contribution >= 0.6 is 11.3 Å². The number of aryl methyl sites for hydroxylation is 1. The van der Waals surface area contributed by atoms with Crippen LogP contribution in [-0.4, -0.2) is 17.4 Å². The number of amides is 1. The van der Waals surface area contributed by atoms with Crippen molar-refractivity contribution in [3.63, 3.8) is 0 Å². The molecule has 23 heavy (non-hydrogen) atoms. The summed E-state index contributed by atoms with van der Waals surface area (Å²) in [5, 5.41) is 6.24. The number of nitrogens with zero attached hydrogens (tertiary/aromatic N) is 1. The lowest BCUT2D eigenvalue weighted by Crippen LogP contribution is -2.27. The molecule has 3 nitrogen and oxygen atoms in total. The second-order valence-corrected chi connectivity index (χ2v) is 7.47. The summed E-state index contributed by atoms with van der Waals surface area (Å²) in [4.78, 5) is 16.4. The molecule has 0 atom stereocenters. The van der Waals surface area contributed by atoms with Gasteiger partial charge in [0.05, 0.1) is 10.7 Å². The third-order valence-electron chi connectivity index (χ3n) is 4.55. The molecular weight excluding hydrogens is 304 g/mol. The van der Waals surface area contributed by atoms with Crippen molar-refractivity contribution < 1.29 is 4.79 Å². The lowest BCUT2D eigenvalue weighted by molar-refractivity contribution is -0.121. The number of benzene rings is 1. The summed E-state index contributed by atoms with van der Waals surface area (Å²) in [5.74, 6) is 0.835. The van der Waals surface area contributed by atoms with E-state index in [-0.39, 0.29) is 5.91 Å². The second-order valence-electron chi connectivity index (χ2n) is 6.40. The zero-order valence-electron chi connectivity index (χ0n) is 13.7. The van der Waals surface area contributed by atoms with E-state index < -0.39 is 0 Å². The molecule has 122 valence electrons. The number of hydrogen-bond acceptors (Lipinski definition) is 3. The molecule has 1 amide bonds. The Morgan fingerprint density at radius 1 is 1.26 bits per heavy atom. The molecule has 1 aliphatic rings. The van der Waals surface area contributed by atoms with Crippen LogP contribution in [-0.2, 0) is 11.2 Å². The molecule has 1 saturated carbocycles. The predicted octanol–water partition coefficient (Wildman–Crippen LogP) is 4.36. The Balaban J connectivity index is 1.44. The highest BCUT2D eigenvalue weighted by atomic mass is 32.1. The average molecular weight is 328 g/mol. The van der Waals surface area contributed by atoms with Gasteiger partial charge in [-0.25, -0.2) is 4.98 Å². The molecule has 1 fully saturated rings. The van der Waals surface area contributed by atoms with Gasteiger partial charge in [-0.1, -0.05) is 37.1 Å². The normalized spacial score (nSPS) is 15.0. The molecule has 0 aliphatic heterocycles. The van der Waals surface area contributed by atoms with E-state index >= 15 is 0 Å². The van der Waals surface area contributed by atoms with Crippen molar-refractivity contribution in [2.24, 2.45) is 5.92 Å². The van der Waals surface area contributed by atoms with E-state index in [4.69, 9.17) is 0 Å². The van der Waals surface area contributed by atoms with Gasteiger partial charge in [0.25, 0.3) is 0 Å². The van der Waals surface area contributed by atoms with E-state index in [2.05, 4.69) is 39.9 Å². The molecule has 0 saturated heterocycles. The van der Waals surface area contributed by atoms with Gasteiger partial charge in [-0.15, -0.1) is 11.3 Å². The first-order valence-corrected chi connectivity index (χ1v) is 9.37. The number of aromatic nitrogens is 1. The summed E-state index contributed by atoms with van der Waals surface area (Å²) in [5.41, 5.74) is 3.45. The molecule has 1 aromatic carbocycles. The van der Waals surface area contributed by atoms with Crippen LogP contribution in [0.25, 0.3) is 11.3 Å². The van der Waals surface area contributed by atoms with Crippen molar-refractivity contribution >= 4 is 17.2 Å². The van der Waals surface area contributed by atoms with Gasteiger partial charge >= 0.3 is 0 Å². The Morgan fingerprint density at radius 3 is 2.65 bits per heavy atom. The topological polar surface area (TPSA) is 42.0 Å². The smallest absolute Gasteiger partial charge is 0.220 e. The molecule has 0 radical (unpaired) electrons. The highest BCUT2D eigenvalue weighted by Crippen LogP contribution is 2.27. The van der Waals surface area contributed by atoms with Crippen LogP contribution in [0.3, 0.4) is 0 Å². The van der Waals surface area contributed by atoms with E-state index in [0.717, 1.165) is 29.2 Å². The van der Waals surface area contributed by atoms with Crippen LogP contribution in [0.15, 0.2) is 29.6 Å². The molecule has 4 heteroatoms. The summed E-state index contributed by atoms with van der Waals surface area (Å²) >= 11 is 1.67. The maximum atomic E-state index is 11.9. The van der Waals surface area contributed by atoms with Crippen molar-refractivity contribution in [1.82, 2.24) is 10.3 Å². The Kier molecular flexibility index (Phi) is 5.44. The Labute approximate surface area is 142 Å². The number of carbonyl (C=O) groups is 1. The maximum Gasteiger partial charge on any atom is 0.220 e. The van der Waals surface area contributed by atoms with Crippen LogP contribution < -0.4 is 5.32 Å². The molecule has 2 aromatic rings. The van der Waals surface area contributed by atoms with Crippen LogP contribution in [0.2, 0.25) is 0 Å². The Morgan fingerprint density at radius 2 is 2.00 bits per heavy atom. The van der Waals surface area contributed by atoms with Crippen molar-refractivity contribution in [3.05, 3.63) is 40.2 Å². The highest BCUT2D eigenvalue weighted by Gasteiger charge is 2.17. The maximum absolute atomic E-state index is 11.9. The molecule has 1 heterocycles. The lowest BCUT2D eigenvalue weighted by atomic mass is 10.0. The molecule has 0 bridgehead atoms. The Bertz CT molecular complexity index is 642. The first-order valence-electron chi connectivity index (χ1n) is 8.49. The van der Waals surface area contributed by atoms with Crippen LogP contribution in [0.4, 0.5) is 0 Å². The van der Waals surface area contributed by atoms with Crippen LogP contribution in [0, 0.1) is 12.8 Å². The number of hydrogen-bond donors (Lipinski definition) is 1. The summed E-state index contributed by atoms with van der Waals surface area (Å²) in [6, 6.07) is 8.49. The molecule has 3 rings (SSSR count). The standard InChI is InChI=1S/C19H24N2OS/c1-14-21-18(13-23-14)17-8-6-15(7-9-17)10-11-20-19(22)12-16-4-2-3-5-16/h6-9,13,16H,2-5,10-12H2,1H3,(H,20,22). The van der Waals surface area contributed by atoms with Crippen molar-refractivity contribution in [1.29, 1.82) is 0 Å². The monoisotopic (exact) mass is 328 g/mol. The zero-order chi connectivity index (χ0) is 16.1. The first kappa shape index (κ1) is 16.2.